The second-order valence-electron chi connectivity index (χ2n) is 2.85. The number of aromatic nitrogens is 1. The smallest absolute Gasteiger partial charge is 0.256 e. The molecule has 0 fully saturated rings. The minimum absolute atomic E-state index is 0.275. The number of nitrogens with zero attached hydrogens (tertiary/aromatic N) is 2. The molecule has 0 saturated carbocycles. The third kappa shape index (κ3) is 1.13. The van der Waals surface area contributed by atoms with E-state index in [0.717, 1.165) is 0 Å². The first kappa shape index (κ1) is 8.00. The maximum Gasteiger partial charge on any atom is 0.256 e. The highest BCUT2D eigenvalue weighted by Crippen LogP contribution is 2.21. The maximum atomic E-state index is 11.3. The van der Waals surface area contributed by atoms with Gasteiger partial charge in [-0.1, -0.05) is 0 Å². The Kier molecular flexibility index (Phi) is 1.66. The Bertz CT molecular complexity index is 353. The average Bonchev–Trinajstić information content (AvgIpc) is 2.15. The van der Waals surface area contributed by atoms with Crippen molar-refractivity contribution in [2.75, 3.05) is 11.9 Å². The first-order chi connectivity index (χ1) is 6.20. The number of aliphatic hydroxyl groups is 1. The van der Waals surface area contributed by atoms with Crippen LogP contribution in [0.2, 0.25) is 0 Å². The molecule has 1 aliphatic heterocycles. The van der Waals surface area contributed by atoms with E-state index < -0.39 is 6.35 Å². The first-order valence-electron chi connectivity index (χ1n) is 3.86. The van der Waals surface area contributed by atoms with Gasteiger partial charge in [0.25, 0.3) is 5.91 Å². The minimum Gasteiger partial charge on any atom is -0.356 e. The summed E-state index contributed by atoms with van der Waals surface area (Å²) in [6, 6.07) is 1.62. The van der Waals surface area contributed by atoms with Gasteiger partial charge in [0.1, 0.15) is 0 Å². The van der Waals surface area contributed by atoms with Crippen LogP contribution in [0.25, 0.3) is 0 Å². The largest absolute Gasteiger partial charge is 0.356 e. The van der Waals surface area contributed by atoms with Crippen LogP contribution in [-0.2, 0) is 0 Å². The van der Waals surface area contributed by atoms with Crippen molar-refractivity contribution in [2.45, 2.75) is 6.35 Å². The van der Waals surface area contributed by atoms with Crippen molar-refractivity contribution in [1.82, 2.24) is 10.3 Å². The highest BCUT2D eigenvalue weighted by atomic mass is 16.3. The zero-order valence-corrected chi connectivity index (χ0v) is 7.06. The van der Waals surface area contributed by atoms with Gasteiger partial charge in [-0.25, -0.2) is 0 Å². The van der Waals surface area contributed by atoms with Gasteiger partial charge in [0, 0.05) is 13.2 Å². The van der Waals surface area contributed by atoms with Gasteiger partial charge in [-0.2, -0.15) is 0 Å². The molecule has 5 heteroatoms. The number of rotatable bonds is 0. The molecule has 2 rings (SSSR count). The van der Waals surface area contributed by atoms with E-state index in [1.165, 1.54) is 0 Å². The number of hydrogen-bond donors (Lipinski definition) is 2. The van der Waals surface area contributed by atoms with E-state index in [0.29, 0.717) is 11.3 Å². The van der Waals surface area contributed by atoms with E-state index in [-0.39, 0.29) is 5.91 Å². The van der Waals surface area contributed by atoms with Crippen molar-refractivity contribution in [3.05, 3.63) is 24.0 Å². The number of nitrogens with one attached hydrogen (secondary N) is 1. The van der Waals surface area contributed by atoms with Crippen LogP contribution < -0.4 is 10.2 Å². The molecule has 13 heavy (non-hydrogen) atoms. The lowest BCUT2D eigenvalue weighted by atomic mass is 10.1. The Labute approximate surface area is 75.0 Å². The molecule has 0 saturated heterocycles. The zero-order valence-electron chi connectivity index (χ0n) is 7.06. The molecule has 1 aromatic rings. The van der Waals surface area contributed by atoms with E-state index in [4.69, 9.17) is 0 Å². The van der Waals surface area contributed by atoms with Gasteiger partial charge in [-0.15, -0.1) is 0 Å². The van der Waals surface area contributed by atoms with Crippen LogP contribution in [0, 0.1) is 0 Å². The second-order valence-corrected chi connectivity index (χ2v) is 2.85. The molecule has 0 aliphatic carbocycles. The molecule has 0 radical (unpaired) electrons. The van der Waals surface area contributed by atoms with Crippen molar-refractivity contribution in [1.29, 1.82) is 0 Å². The number of pyridine rings is 1. The predicted molar refractivity (Wildman–Crippen MR) is 46.1 cm³/mol. The number of amides is 1. The van der Waals surface area contributed by atoms with E-state index in [9.17, 15) is 9.90 Å². The van der Waals surface area contributed by atoms with Crippen molar-refractivity contribution in [3.63, 3.8) is 0 Å². The summed E-state index contributed by atoms with van der Waals surface area (Å²) in [4.78, 5) is 16.7. The summed E-state index contributed by atoms with van der Waals surface area (Å²) in [5.41, 5.74) is 1.17. The summed E-state index contributed by atoms with van der Waals surface area (Å²) in [5.74, 6) is -0.275. The fourth-order valence-electron chi connectivity index (χ4n) is 1.28. The first-order valence-corrected chi connectivity index (χ1v) is 3.86. The highest BCUT2D eigenvalue weighted by Gasteiger charge is 2.26. The second kappa shape index (κ2) is 2.70. The quantitative estimate of drug-likeness (QED) is 0.565. The molecular weight excluding hydrogens is 170 g/mol. The monoisotopic (exact) mass is 179 g/mol. The average molecular weight is 179 g/mol. The number of hydrogen-bond acceptors (Lipinski definition) is 4. The molecular formula is C8H9N3O2. The van der Waals surface area contributed by atoms with Crippen LogP contribution >= 0.6 is 0 Å². The van der Waals surface area contributed by atoms with E-state index in [2.05, 4.69) is 10.3 Å². The fraction of sp³-hybridized carbons (Fsp3) is 0.250. The topological polar surface area (TPSA) is 65.5 Å². The Hall–Kier alpha value is -1.62. The zero-order chi connectivity index (χ0) is 9.42. The summed E-state index contributed by atoms with van der Waals surface area (Å²) < 4.78 is 0. The van der Waals surface area contributed by atoms with E-state index in [1.54, 1.807) is 30.4 Å². The molecule has 0 spiro atoms. The predicted octanol–water partition coefficient (Wildman–Crippen LogP) is -0.463. The van der Waals surface area contributed by atoms with Crippen LogP contribution in [0.3, 0.4) is 0 Å². The molecule has 5 nitrogen and oxygen atoms in total. The molecule has 1 atom stereocenters. The molecule has 68 valence electrons. The normalized spacial score (nSPS) is 20.9. The maximum absolute atomic E-state index is 11.3. The van der Waals surface area contributed by atoms with Gasteiger partial charge < -0.3 is 15.3 Å². The Morgan fingerprint density at radius 3 is 3.23 bits per heavy atom. The Morgan fingerprint density at radius 2 is 2.46 bits per heavy atom. The van der Waals surface area contributed by atoms with Gasteiger partial charge >= 0.3 is 0 Å². The van der Waals surface area contributed by atoms with Gasteiger partial charge in [-0.3, -0.25) is 9.78 Å². The molecule has 0 aromatic carbocycles. The minimum atomic E-state index is -0.968. The fourth-order valence-corrected chi connectivity index (χ4v) is 1.28. The third-order valence-corrected chi connectivity index (χ3v) is 2.05. The lowest BCUT2D eigenvalue weighted by Gasteiger charge is -2.31. The van der Waals surface area contributed by atoms with Crippen molar-refractivity contribution < 1.29 is 9.90 Å². The summed E-state index contributed by atoms with van der Waals surface area (Å²) in [5, 5.41) is 11.8. The van der Waals surface area contributed by atoms with Gasteiger partial charge in [0.2, 0.25) is 6.35 Å². The molecule has 1 aromatic heterocycles. The van der Waals surface area contributed by atoms with Crippen LogP contribution in [-0.4, -0.2) is 29.4 Å². The summed E-state index contributed by atoms with van der Waals surface area (Å²) in [6.45, 7) is 0. The summed E-state index contributed by atoms with van der Waals surface area (Å²) >= 11 is 0. The lowest BCUT2D eigenvalue weighted by Crippen LogP contribution is -2.51. The lowest BCUT2D eigenvalue weighted by molar-refractivity contribution is 0.0757. The van der Waals surface area contributed by atoms with Crippen LogP contribution in [0.4, 0.5) is 5.69 Å². The van der Waals surface area contributed by atoms with Gasteiger partial charge in [0.15, 0.2) is 0 Å². The van der Waals surface area contributed by atoms with Gasteiger partial charge in [0.05, 0.1) is 17.4 Å². The van der Waals surface area contributed by atoms with Crippen LogP contribution in [0.1, 0.15) is 10.4 Å². The summed E-state index contributed by atoms with van der Waals surface area (Å²) in [7, 11) is 1.69. The number of fused-ring (bicyclic) bond motifs is 1. The Balaban J connectivity index is 2.53. The number of carbonyl (C=O) groups excluding carboxylic acids is 1. The molecule has 2 N–H and O–H groups in total. The molecule has 0 bridgehead atoms. The van der Waals surface area contributed by atoms with Crippen molar-refractivity contribution in [3.8, 4) is 0 Å². The van der Waals surface area contributed by atoms with Crippen molar-refractivity contribution in [2.24, 2.45) is 0 Å². The molecule has 1 aliphatic rings. The molecule has 2 heterocycles. The van der Waals surface area contributed by atoms with Crippen molar-refractivity contribution >= 4 is 11.6 Å². The van der Waals surface area contributed by atoms with Crippen LogP contribution in [0.15, 0.2) is 18.5 Å². The van der Waals surface area contributed by atoms with E-state index >= 15 is 0 Å². The van der Waals surface area contributed by atoms with E-state index in [1.807, 2.05) is 0 Å². The SMILES string of the molecule is CN1c2cnccc2C(=O)NC1O. The molecule has 1 amide bonds. The Morgan fingerprint density at radius 1 is 1.69 bits per heavy atom. The highest BCUT2D eigenvalue weighted by molar-refractivity contribution is 6.01. The summed E-state index contributed by atoms with van der Waals surface area (Å²) in [6.07, 6.45) is 2.13. The van der Waals surface area contributed by atoms with Gasteiger partial charge in [-0.05, 0) is 6.07 Å². The number of aliphatic hydroxyl groups excluding tert-OH is 1. The standard InChI is InChI=1S/C8H9N3O2/c1-11-6-4-9-3-2-5(6)7(12)10-8(11)13/h2-4,8,13H,1H3,(H,10,12). The molecule has 1 unspecified atom stereocenters. The number of carbonyl (C=O) groups is 1. The third-order valence-electron chi connectivity index (χ3n) is 2.05. The van der Waals surface area contributed by atoms with Crippen LogP contribution in [0.5, 0.6) is 0 Å². The number of anilines is 1.